The van der Waals surface area contributed by atoms with Crippen molar-refractivity contribution in [2.24, 2.45) is 11.8 Å². The van der Waals surface area contributed by atoms with Crippen molar-refractivity contribution in [3.63, 3.8) is 0 Å². The summed E-state index contributed by atoms with van der Waals surface area (Å²) in [5, 5.41) is 14.1. The van der Waals surface area contributed by atoms with Crippen molar-refractivity contribution in [2.75, 3.05) is 24.5 Å². The lowest BCUT2D eigenvalue weighted by Crippen LogP contribution is -2.39. The van der Waals surface area contributed by atoms with Crippen LogP contribution in [0, 0.1) is 37.0 Å². The van der Waals surface area contributed by atoms with E-state index in [0.29, 0.717) is 36.4 Å². The number of rotatable bonds is 3. The molecule has 3 aromatic rings. The fourth-order valence-electron chi connectivity index (χ4n) is 5.53. The minimum atomic E-state index is -4.62. The zero-order chi connectivity index (χ0) is 26.5. The monoisotopic (exact) mass is 510 g/mol. The van der Waals surface area contributed by atoms with E-state index < -0.39 is 23.7 Å². The third-order valence-electron chi connectivity index (χ3n) is 7.52. The molecule has 2 fully saturated rings. The predicted octanol–water partition coefficient (Wildman–Crippen LogP) is 5.33. The number of anilines is 1. The molecule has 2 aromatic heterocycles. The molecular formula is C27H29F3N6O. The molecule has 2 saturated heterocycles. The second-order valence-corrected chi connectivity index (χ2v) is 10.3. The van der Waals surface area contributed by atoms with Crippen molar-refractivity contribution in [3.8, 4) is 6.07 Å². The number of fused-ring (bicyclic) bond motifs is 1. The molecule has 37 heavy (non-hydrogen) atoms. The highest BCUT2D eigenvalue weighted by Crippen LogP contribution is 2.37. The minimum Gasteiger partial charge on any atom is -0.355 e. The lowest BCUT2D eigenvalue weighted by atomic mass is 9.96. The van der Waals surface area contributed by atoms with Gasteiger partial charge in [0, 0.05) is 37.5 Å². The molecule has 10 heteroatoms. The Morgan fingerprint density at radius 2 is 1.95 bits per heavy atom. The predicted molar refractivity (Wildman–Crippen MR) is 132 cm³/mol. The van der Waals surface area contributed by atoms with Gasteiger partial charge in [-0.25, -0.2) is 9.50 Å². The van der Waals surface area contributed by atoms with Crippen LogP contribution in [0.4, 0.5) is 19.0 Å². The Balaban J connectivity index is 1.49. The lowest BCUT2D eigenvalue weighted by molar-refractivity contribution is -0.138. The Bertz CT molecular complexity index is 1390. The van der Waals surface area contributed by atoms with E-state index in [2.05, 4.69) is 17.9 Å². The molecule has 1 amide bonds. The van der Waals surface area contributed by atoms with Gasteiger partial charge in [0.05, 0.1) is 34.8 Å². The van der Waals surface area contributed by atoms with Crippen LogP contribution in [-0.4, -0.2) is 45.0 Å². The summed E-state index contributed by atoms with van der Waals surface area (Å²) >= 11 is 0. The molecule has 0 N–H and O–H groups in total. The van der Waals surface area contributed by atoms with Crippen molar-refractivity contribution in [1.82, 2.24) is 19.5 Å². The number of aromatic nitrogens is 3. The number of carbonyl (C=O) groups is 1. The highest BCUT2D eigenvalue weighted by Gasteiger charge is 2.39. The highest BCUT2D eigenvalue weighted by atomic mass is 19.4. The quantitative estimate of drug-likeness (QED) is 0.476. The number of alkyl halides is 3. The third-order valence-corrected chi connectivity index (χ3v) is 7.52. The molecule has 7 nitrogen and oxygen atoms in total. The molecular weight excluding hydrogens is 481 g/mol. The first-order chi connectivity index (χ1) is 17.6. The molecule has 3 atom stereocenters. The summed E-state index contributed by atoms with van der Waals surface area (Å²) in [6.45, 7) is 7.41. The van der Waals surface area contributed by atoms with Crippen LogP contribution in [0.3, 0.4) is 0 Å². The van der Waals surface area contributed by atoms with E-state index in [0.717, 1.165) is 36.8 Å². The van der Waals surface area contributed by atoms with Gasteiger partial charge in [-0.15, -0.1) is 0 Å². The van der Waals surface area contributed by atoms with Crippen LogP contribution in [-0.2, 0) is 6.18 Å². The van der Waals surface area contributed by atoms with Crippen LogP contribution < -0.4 is 4.90 Å². The number of hydrogen-bond donors (Lipinski definition) is 0. The Morgan fingerprint density at radius 3 is 2.65 bits per heavy atom. The minimum absolute atomic E-state index is 0.0529. The Labute approximate surface area is 213 Å². The van der Waals surface area contributed by atoms with Gasteiger partial charge in [0.15, 0.2) is 5.65 Å². The van der Waals surface area contributed by atoms with Gasteiger partial charge in [-0.2, -0.15) is 23.5 Å². The molecule has 4 heterocycles. The van der Waals surface area contributed by atoms with Gasteiger partial charge < -0.3 is 9.80 Å². The summed E-state index contributed by atoms with van der Waals surface area (Å²) in [6, 6.07) is 7.43. The molecule has 0 radical (unpaired) electrons. The van der Waals surface area contributed by atoms with Crippen LogP contribution in [0.1, 0.15) is 65.0 Å². The fraction of sp³-hybridized carbons (Fsp3) is 0.481. The van der Waals surface area contributed by atoms with Crippen molar-refractivity contribution in [2.45, 2.75) is 52.3 Å². The van der Waals surface area contributed by atoms with Gasteiger partial charge >= 0.3 is 6.18 Å². The number of nitrogens with zero attached hydrogens (tertiary/aromatic N) is 6. The zero-order valence-corrected chi connectivity index (χ0v) is 21.1. The molecule has 1 aromatic carbocycles. The zero-order valence-electron chi connectivity index (χ0n) is 21.1. The van der Waals surface area contributed by atoms with E-state index in [1.54, 1.807) is 11.4 Å². The topological polar surface area (TPSA) is 77.5 Å². The number of carbonyl (C=O) groups excluding carboxylic acids is 1. The summed E-state index contributed by atoms with van der Waals surface area (Å²) in [4.78, 5) is 22.0. The van der Waals surface area contributed by atoms with E-state index >= 15 is 0 Å². The smallest absolute Gasteiger partial charge is 0.355 e. The Kier molecular flexibility index (Phi) is 6.34. The number of benzene rings is 1. The summed E-state index contributed by atoms with van der Waals surface area (Å²) in [5.41, 5.74) is 1.49. The van der Waals surface area contributed by atoms with Gasteiger partial charge in [0.25, 0.3) is 5.91 Å². The van der Waals surface area contributed by atoms with Gasteiger partial charge in [0.1, 0.15) is 5.82 Å². The van der Waals surface area contributed by atoms with E-state index in [9.17, 15) is 23.2 Å². The summed E-state index contributed by atoms with van der Waals surface area (Å²) in [7, 11) is 0. The molecule has 2 aliphatic rings. The normalized spacial score (nSPS) is 22.5. The number of likely N-dealkylation sites (tertiary alicyclic amines) is 1. The van der Waals surface area contributed by atoms with Gasteiger partial charge in [0.2, 0.25) is 0 Å². The highest BCUT2D eigenvalue weighted by molar-refractivity contribution is 5.96. The van der Waals surface area contributed by atoms with E-state index in [1.807, 2.05) is 19.2 Å². The molecule has 5 rings (SSSR count). The molecule has 194 valence electrons. The lowest BCUT2D eigenvalue weighted by Gasteiger charge is -2.35. The van der Waals surface area contributed by atoms with Crippen molar-refractivity contribution >= 4 is 17.4 Å². The number of halogens is 3. The van der Waals surface area contributed by atoms with E-state index in [1.165, 1.54) is 17.0 Å². The van der Waals surface area contributed by atoms with Crippen LogP contribution in [0.25, 0.3) is 5.65 Å². The second kappa shape index (κ2) is 9.36. The number of amides is 1. The molecule has 0 spiro atoms. The van der Waals surface area contributed by atoms with Crippen LogP contribution >= 0.6 is 0 Å². The fourth-order valence-corrected chi connectivity index (χ4v) is 5.53. The number of hydrogen-bond acceptors (Lipinski definition) is 5. The van der Waals surface area contributed by atoms with Gasteiger partial charge in [-0.3, -0.25) is 4.79 Å². The maximum Gasteiger partial charge on any atom is 0.417 e. The maximum absolute atomic E-state index is 13.7. The number of aryl methyl sites for hydroxylation is 2. The van der Waals surface area contributed by atoms with Gasteiger partial charge in [-0.1, -0.05) is 18.6 Å². The molecule has 0 bridgehead atoms. The van der Waals surface area contributed by atoms with E-state index in [4.69, 9.17) is 10.1 Å². The summed E-state index contributed by atoms with van der Waals surface area (Å²) in [5.74, 6) is 0.363. The summed E-state index contributed by atoms with van der Waals surface area (Å²) in [6.07, 6.45) is -0.563. The Morgan fingerprint density at radius 1 is 1.16 bits per heavy atom. The maximum atomic E-state index is 13.7. The van der Waals surface area contributed by atoms with E-state index in [-0.39, 0.29) is 17.4 Å². The first kappa shape index (κ1) is 25.1. The largest absolute Gasteiger partial charge is 0.417 e. The standard InChI is InChI=1S/C27H29F3N6O/c1-16-7-8-21(27(28,29)30)20(10-16)26(37)35-9-5-4-6-23(35)22-11-24-32-25(18(3)14-36(24)33-22)34-13-17(2)19(12-31)15-34/h7-8,10-11,14,17,19,23H,4-6,9,13,15H2,1-3H3/t17-,19+,23-/m0/s1. The second-order valence-electron chi connectivity index (χ2n) is 10.3. The number of nitriles is 1. The average molecular weight is 511 g/mol. The van der Waals surface area contributed by atoms with Crippen molar-refractivity contribution < 1.29 is 18.0 Å². The first-order valence-corrected chi connectivity index (χ1v) is 12.6. The first-order valence-electron chi connectivity index (χ1n) is 12.6. The molecule has 0 aliphatic carbocycles. The third kappa shape index (κ3) is 4.63. The molecule has 0 unspecified atom stereocenters. The number of piperidine rings is 1. The molecule has 0 saturated carbocycles. The average Bonchev–Trinajstić information content (AvgIpc) is 3.44. The molecule has 2 aliphatic heterocycles. The SMILES string of the molecule is Cc1ccc(C(F)(F)F)c(C(=O)N2CCCC[C@H]2c2cc3nc(N4C[C@@H](C#N)[C@@H](C)C4)c(C)cn3n2)c1. The van der Waals surface area contributed by atoms with Crippen LogP contribution in [0.5, 0.6) is 0 Å². The summed E-state index contributed by atoms with van der Waals surface area (Å²) < 4.78 is 42.8. The van der Waals surface area contributed by atoms with Crippen LogP contribution in [0.15, 0.2) is 30.5 Å². The van der Waals surface area contributed by atoms with Crippen molar-refractivity contribution in [3.05, 3.63) is 58.4 Å². The van der Waals surface area contributed by atoms with Gasteiger partial charge in [-0.05, 0) is 51.2 Å². The van der Waals surface area contributed by atoms with Crippen LogP contribution in [0.2, 0.25) is 0 Å². The van der Waals surface area contributed by atoms with Crippen molar-refractivity contribution in [1.29, 1.82) is 5.26 Å². The Hall–Kier alpha value is -3.61.